The van der Waals surface area contributed by atoms with Crippen LogP contribution in [0.1, 0.15) is 31.2 Å². The van der Waals surface area contributed by atoms with Crippen molar-refractivity contribution in [1.82, 2.24) is 25.2 Å². The van der Waals surface area contributed by atoms with Crippen LogP contribution in [-0.4, -0.2) is 60.5 Å². The smallest absolute Gasteiger partial charge is 0.191 e. The largest absolute Gasteiger partial charge is 0.379 e. The van der Waals surface area contributed by atoms with Gasteiger partial charge in [-0.15, -0.1) is 0 Å². The average Bonchev–Trinajstić information content (AvgIpc) is 3.15. The number of imidazole rings is 1. The molecule has 8 nitrogen and oxygen atoms in total. The fourth-order valence-corrected chi connectivity index (χ4v) is 2.50. The maximum Gasteiger partial charge on any atom is 0.191 e. The number of hydrogen-bond donors (Lipinski definition) is 2. The van der Waals surface area contributed by atoms with Crippen LogP contribution in [0.4, 0.5) is 0 Å². The highest BCUT2D eigenvalue weighted by atomic mass is 16.5. The van der Waals surface area contributed by atoms with E-state index in [2.05, 4.69) is 32.5 Å². The van der Waals surface area contributed by atoms with Gasteiger partial charge in [0, 0.05) is 45.3 Å². The van der Waals surface area contributed by atoms with Crippen molar-refractivity contribution in [3.05, 3.63) is 42.1 Å². The molecule has 0 saturated heterocycles. The first-order valence-corrected chi connectivity index (χ1v) is 9.80. The monoisotopic (exact) mass is 388 g/mol. The zero-order valence-electron chi connectivity index (χ0n) is 17.1. The van der Waals surface area contributed by atoms with Crippen LogP contribution in [-0.2, 0) is 16.0 Å². The zero-order valence-corrected chi connectivity index (χ0v) is 17.1. The first-order valence-electron chi connectivity index (χ1n) is 9.80. The van der Waals surface area contributed by atoms with E-state index in [1.165, 1.54) is 0 Å². The fraction of sp³-hybridized carbons (Fsp3) is 0.550. The van der Waals surface area contributed by atoms with Gasteiger partial charge in [0.15, 0.2) is 5.96 Å². The molecule has 0 bridgehead atoms. The van der Waals surface area contributed by atoms with Crippen molar-refractivity contribution in [1.29, 1.82) is 0 Å². The Morgan fingerprint density at radius 3 is 2.57 bits per heavy atom. The Kier molecular flexibility index (Phi) is 10.0. The van der Waals surface area contributed by atoms with Crippen molar-refractivity contribution in [3.8, 4) is 5.82 Å². The Labute approximate surface area is 167 Å². The summed E-state index contributed by atoms with van der Waals surface area (Å²) in [6.45, 7) is 8.12. The first kappa shape index (κ1) is 21.8. The Hall–Kier alpha value is -2.45. The first-order chi connectivity index (χ1) is 13.7. The molecule has 2 heterocycles. The molecule has 154 valence electrons. The number of aromatic nitrogens is 3. The van der Waals surface area contributed by atoms with Crippen LogP contribution in [0, 0.1) is 6.92 Å². The molecular weight excluding hydrogens is 356 g/mol. The molecule has 8 heteroatoms. The number of aliphatic imine (C=N–C) groups is 1. The van der Waals surface area contributed by atoms with E-state index in [0.29, 0.717) is 32.9 Å². The van der Waals surface area contributed by atoms with Crippen LogP contribution in [0.5, 0.6) is 0 Å². The van der Waals surface area contributed by atoms with Gasteiger partial charge >= 0.3 is 0 Å². The van der Waals surface area contributed by atoms with Gasteiger partial charge in [0.25, 0.3) is 0 Å². The summed E-state index contributed by atoms with van der Waals surface area (Å²) < 4.78 is 12.9. The van der Waals surface area contributed by atoms with E-state index in [4.69, 9.17) is 9.47 Å². The van der Waals surface area contributed by atoms with Gasteiger partial charge in [0.2, 0.25) is 0 Å². The van der Waals surface area contributed by atoms with Crippen molar-refractivity contribution in [2.45, 2.75) is 33.2 Å². The Morgan fingerprint density at radius 1 is 1.11 bits per heavy atom. The molecule has 2 N–H and O–H groups in total. The molecule has 0 spiro atoms. The summed E-state index contributed by atoms with van der Waals surface area (Å²) in [6, 6.07) is 4.03. The molecule has 0 atom stereocenters. The minimum atomic E-state index is 0.609. The molecule has 0 saturated carbocycles. The number of hydrogen-bond acceptors (Lipinski definition) is 5. The number of ether oxygens (including phenoxy) is 2. The molecule has 0 aromatic carbocycles. The minimum absolute atomic E-state index is 0.609. The van der Waals surface area contributed by atoms with E-state index in [1.54, 1.807) is 13.2 Å². The van der Waals surface area contributed by atoms with Crippen LogP contribution in [0.25, 0.3) is 5.82 Å². The predicted molar refractivity (Wildman–Crippen MR) is 111 cm³/mol. The molecule has 2 rings (SSSR count). The van der Waals surface area contributed by atoms with E-state index >= 15 is 0 Å². The molecule has 2 aromatic heterocycles. The maximum absolute atomic E-state index is 5.54. The second-order valence-electron chi connectivity index (χ2n) is 6.30. The van der Waals surface area contributed by atoms with E-state index in [1.807, 2.05) is 36.0 Å². The molecular formula is C20H32N6O2. The van der Waals surface area contributed by atoms with Crippen LogP contribution in [0.3, 0.4) is 0 Å². The van der Waals surface area contributed by atoms with Gasteiger partial charge in [0.1, 0.15) is 11.6 Å². The topological polar surface area (TPSA) is 85.6 Å². The van der Waals surface area contributed by atoms with Gasteiger partial charge in [0.05, 0.1) is 19.8 Å². The highest BCUT2D eigenvalue weighted by Crippen LogP contribution is 2.08. The molecule has 0 fully saturated rings. The van der Waals surface area contributed by atoms with Crippen molar-refractivity contribution in [2.75, 3.05) is 40.0 Å². The zero-order chi connectivity index (χ0) is 20.0. The number of aryl methyl sites for hydroxylation is 1. The lowest BCUT2D eigenvalue weighted by Gasteiger charge is -2.12. The molecule has 0 amide bonds. The summed E-state index contributed by atoms with van der Waals surface area (Å²) in [5.41, 5.74) is 1.07. The van der Waals surface area contributed by atoms with Gasteiger partial charge in [-0.1, -0.05) is 19.4 Å². The number of unbranched alkanes of at least 4 members (excludes halogenated alkanes) is 1. The lowest BCUT2D eigenvalue weighted by Crippen LogP contribution is -2.38. The Balaban J connectivity index is 1.62. The van der Waals surface area contributed by atoms with Crippen LogP contribution >= 0.6 is 0 Å². The van der Waals surface area contributed by atoms with E-state index in [-0.39, 0.29) is 0 Å². The van der Waals surface area contributed by atoms with Crippen molar-refractivity contribution >= 4 is 5.96 Å². The van der Waals surface area contributed by atoms with Gasteiger partial charge in [-0.05, 0) is 25.0 Å². The van der Waals surface area contributed by atoms with Crippen molar-refractivity contribution < 1.29 is 9.47 Å². The highest BCUT2D eigenvalue weighted by Gasteiger charge is 2.03. The summed E-state index contributed by atoms with van der Waals surface area (Å²) >= 11 is 0. The fourth-order valence-electron chi connectivity index (χ4n) is 2.50. The van der Waals surface area contributed by atoms with Gasteiger partial charge in [-0.25, -0.2) is 9.97 Å². The van der Waals surface area contributed by atoms with E-state index < -0.39 is 0 Å². The maximum atomic E-state index is 5.54. The molecule has 0 radical (unpaired) electrons. The molecule has 0 aliphatic rings. The molecule has 28 heavy (non-hydrogen) atoms. The number of guanidine groups is 1. The summed E-state index contributed by atoms with van der Waals surface area (Å²) in [5, 5.41) is 6.51. The summed E-state index contributed by atoms with van der Waals surface area (Å²) in [5.74, 6) is 2.51. The molecule has 0 aliphatic heterocycles. The molecule has 2 aromatic rings. The lowest BCUT2D eigenvalue weighted by atomic mass is 10.3. The number of pyridine rings is 1. The lowest BCUT2D eigenvalue weighted by molar-refractivity contribution is 0.0487. The van der Waals surface area contributed by atoms with Gasteiger partial charge in [-0.3, -0.25) is 9.56 Å². The van der Waals surface area contributed by atoms with E-state index in [0.717, 1.165) is 42.6 Å². The van der Waals surface area contributed by atoms with Crippen LogP contribution in [0.2, 0.25) is 0 Å². The van der Waals surface area contributed by atoms with Crippen molar-refractivity contribution in [2.24, 2.45) is 4.99 Å². The van der Waals surface area contributed by atoms with Gasteiger partial charge < -0.3 is 20.1 Å². The second-order valence-corrected chi connectivity index (χ2v) is 6.30. The average molecular weight is 389 g/mol. The van der Waals surface area contributed by atoms with Gasteiger partial charge in [-0.2, -0.15) is 0 Å². The third-order valence-electron chi connectivity index (χ3n) is 4.12. The summed E-state index contributed by atoms with van der Waals surface area (Å²) in [7, 11) is 1.75. The molecule has 0 unspecified atom stereocenters. The number of rotatable bonds is 12. The second kappa shape index (κ2) is 12.9. The Morgan fingerprint density at radius 2 is 1.93 bits per heavy atom. The summed E-state index contributed by atoms with van der Waals surface area (Å²) in [6.07, 6.45) is 7.79. The third-order valence-corrected chi connectivity index (χ3v) is 4.12. The molecule has 0 aliphatic carbocycles. The third kappa shape index (κ3) is 7.66. The number of nitrogens with zero attached hydrogens (tertiary/aromatic N) is 4. The number of nitrogens with one attached hydrogen (secondary N) is 2. The summed E-state index contributed by atoms with van der Waals surface area (Å²) in [4.78, 5) is 12.9. The normalized spacial score (nSPS) is 11.6. The van der Waals surface area contributed by atoms with Crippen molar-refractivity contribution in [3.63, 3.8) is 0 Å². The quantitative estimate of drug-likeness (QED) is 0.329. The SMILES string of the molecule is CCCCOCCOCCNC(=NC)NCc1ccc(-n2ccnc2C)nc1. The Bertz CT molecular complexity index is 699. The van der Waals surface area contributed by atoms with Crippen LogP contribution in [0.15, 0.2) is 35.7 Å². The van der Waals surface area contributed by atoms with Crippen LogP contribution < -0.4 is 10.6 Å². The minimum Gasteiger partial charge on any atom is -0.379 e. The predicted octanol–water partition coefficient (Wildman–Crippen LogP) is 2.07. The standard InChI is InChI=1S/C20H32N6O2/c1-4-5-11-27-13-14-28-12-9-23-20(21-3)25-16-18-6-7-19(24-15-18)26-10-8-22-17(26)2/h6-8,10,15H,4-5,9,11-14,16H2,1-3H3,(H2,21,23,25). The highest BCUT2D eigenvalue weighted by molar-refractivity contribution is 5.79. The van der Waals surface area contributed by atoms with E-state index in [9.17, 15) is 0 Å².